The zero-order valence-electron chi connectivity index (χ0n) is 12.4. The van der Waals surface area contributed by atoms with E-state index in [4.69, 9.17) is 10.8 Å². The number of carbonyl (C=O) groups is 1. The smallest absolute Gasteiger partial charge is 0.405 e. The first-order valence-corrected chi connectivity index (χ1v) is 6.95. The second-order valence-electron chi connectivity index (χ2n) is 5.04. The average Bonchev–Trinajstić information content (AvgIpc) is 2.49. The monoisotopic (exact) mass is 297 g/mol. The number of aryl methyl sites for hydroxylation is 1. The summed E-state index contributed by atoms with van der Waals surface area (Å²) in [5.74, 6) is 0. The van der Waals surface area contributed by atoms with Crippen molar-refractivity contribution in [2.75, 3.05) is 5.73 Å². The average molecular weight is 297 g/mol. The van der Waals surface area contributed by atoms with Gasteiger partial charge in [0.25, 0.3) is 0 Å². The highest BCUT2D eigenvalue weighted by Gasteiger charge is 2.14. The molecule has 1 aromatic heterocycles. The van der Waals surface area contributed by atoms with E-state index in [0.29, 0.717) is 17.8 Å². The molecule has 1 aromatic carbocycles. The number of pyridine rings is 1. The largest absolute Gasteiger partial charge is 0.465 e. The lowest BCUT2D eigenvalue weighted by atomic mass is 9.99. The van der Waals surface area contributed by atoms with Crippen LogP contribution in [0, 0.1) is 6.92 Å². The lowest BCUT2D eigenvalue weighted by Gasteiger charge is -2.17. The van der Waals surface area contributed by atoms with Crippen molar-refractivity contribution < 1.29 is 9.90 Å². The van der Waals surface area contributed by atoms with Crippen LogP contribution in [0.2, 0.25) is 0 Å². The molecular weight excluding hydrogens is 278 g/mol. The molecule has 4 N–H and O–H groups in total. The van der Waals surface area contributed by atoms with Crippen LogP contribution >= 0.6 is 0 Å². The number of aromatic nitrogens is 1. The van der Waals surface area contributed by atoms with Crippen LogP contribution in [0.1, 0.15) is 23.7 Å². The Labute approximate surface area is 129 Å². The Balaban J connectivity index is 2.42. The third kappa shape index (κ3) is 3.63. The molecule has 5 nitrogen and oxygen atoms in total. The van der Waals surface area contributed by atoms with E-state index in [9.17, 15) is 4.79 Å². The number of nitrogens with zero attached hydrogens (tertiary/aromatic N) is 1. The van der Waals surface area contributed by atoms with Crippen molar-refractivity contribution >= 4 is 11.8 Å². The molecule has 0 aliphatic carbocycles. The molecule has 2 aromatic rings. The lowest BCUT2D eigenvalue weighted by molar-refractivity contribution is 0.190. The molecule has 0 radical (unpaired) electrons. The first-order valence-electron chi connectivity index (χ1n) is 6.95. The second-order valence-corrected chi connectivity index (χ2v) is 5.04. The number of nitrogen functional groups attached to an aromatic ring is 1. The summed E-state index contributed by atoms with van der Waals surface area (Å²) < 4.78 is 0. The van der Waals surface area contributed by atoms with Gasteiger partial charge in [-0.05, 0) is 37.1 Å². The molecule has 22 heavy (non-hydrogen) atoms. The summed E-state index contributed by atoms with van der Waals surface area (Å²) >= 11 is 0. The van der Waals surface area contributed by atoms with Gasteiger partial charge in [-0.2, -0.15) is 0 Å². The Bertz CT molecular complexity index is 698. The summed E-state index contributed by atoms with van der Waals surface area (Å²) in [5.41, 5.74) is 9.88. The van der Waals surface area contributed by atoms with Gasteiger partial charge < -0.3 is 16.2 Å². The fraction of sp³-hybridized carbons (Fsp3) is 0.176. The van der Waals surface area contributed by atoms with Crippen molar-refractivity contribution in [3.63, 3.8) is 0 Å². The second kappa shape index (κ2) is 6.76. The number of nitrogens with two attached hydrogens (primary N) is 1. The standard InChI is InChI=1S/C17H19N3O2/c1-3-5-15(20-17(21)22)12-6-4-7-13(10-12)16-14(18)9-8-11(2)19-16/h3-4,6-10,15,20H,1,5,18H2,2H3,(H,21,22). The van der Waals surface area contributed by atoms with E-state index < -0.39 is 6.09 Å². The van der Waals surface area contributed by atoms with Crippen LogP contribution in [0.5, 0.6) is 0 Å². The third-order valence-corrected chi connectivity index (χ3v) is 3.33. The van der Waals surface area contributed by atoms with Crippen LogP contribution in [0.4, 0.5) is 10.5 Å². The van der Waals surface area contributed by atoms with E-state index in [2.05, 4.69) is 16.9 Å². The van der Waals surface area contributed by atoms with Gasteiger partial charge >= 0.3 is 6.09 Å². The van der Waals surface area contributed by atoms with Crippen molar-refractivity contribution in [3.8, 4) is 11.3 Å². The summed E-state index contributed by atoms with van der Waals surface area (Å²) in [6, 6.07) is 10.9. The summed E-state index contributed by atoms with van der Waals surface area (Å²) in [6.07, 6.45) is 1.13. The SMILES string of the molecule is C=CCC(NC(=O)O)c1cccc(-c2nc(C)ccc2N)c1. The zero-order chi connectivity index (χ0) is 16.1. The molecule has 1 unspecified atom stereocenters. The third-order valence-electron chi connectivity index (χ3n) is 3.33. The molecule has 0 saturated heterocycles. The van der Waals surface area contributed by atoms with Gasteiger partial charge in [-0.15, -0.1) is 6.58 Å². The van der Waals surface area contributed by atoms with Crippen LogP contribution < -0.4 is 11.1 Å². The molecule has 2 rings (SSSR count). The molecule has 0 fully saturated rings. The van der Waals surface area contributed by atoms with E-state index >= 15 is 0 Å². The molecule has 114 valence electrons. The zero-order valence-corrected chi connectivity index (χ0v) is 12.4. The van der Waals surface area contributed by atoms with Crippen molar-refractivity contribution in [3.05, 3.63) is 60.3 Å². The fourth-order valence-electron chi connectivity index (χ4n) is 2.30. The van der Waals surface area contributed by atoms with Crippen LogP contribution in [-0.2, 0) is 0 Å². The molecule has 5 heteroatoms. The van der Waals surface area contributed by atoms with E-state index in [0.717, 1.165) is 16.8 Å². The highest BCUT2D eigenvalue weighted by atomic mass is 16.4. The highest BCUT2D eigenvalue weighted by molar-refractivity contribution is 5.73. The van der Waals surface area contributed by atoms with E-state index in [1.807, 2.05) is 43.3 Å². The molecule has 0 spiro atoms. The van der Waals surface area contributed by atoms with E-state index in [-0.39, 0.29) is 6.04 Å². The Kier molecular flexibility index (Phi) is 4.78. The number of hydrogen-bond acceptors (Lipinski definition) is 3. The predicted molar refractivity (Wildman–Crippen MR) is 87.5 cm³/mol. The number of anilines is 1. The summed E-state index contributed by atoms with van der Waals surface area (Å²) in [5, 5.41) is 11.5. The maximum atomic E-state index is 10.9. The van der Waals surface area contributed by atoms with Gasteiger partial charge in [-0.25, -0.2) is 4.79 Å². The highest BCUT2D eigenvalue weighted by Crippen LogP contribution is 2.27. The number of carboxylic acid groups (broad SMARTS) is 1. The topological polar surface area (TPSA) is 88.2 Å². The number of nitrogens with one attached hydrogen (secondary N) is 1. The maximum absolute atomic E-state index is 10.9. The van der Waals surface area contributed by atoms with Gasteiger partial charge in [0.1, 0.15) is 0 Å². The number of amides is 1. The van der Waals surface area contributed by atoms with E-state index in [1.165, 1.54) is 0 Å². The molecular formula is C17H19N3O2. The minimum absolute atomic E-state index is 0.346. The summed E-state index contributed by atoms with van der Waals surface area (Å²) in [4.78, 5) is 15.4. The number of hydrogen-bond donors (Lipinski definition) is 3. The Morgan fingerprint density at radius 3 is 2.91 bits per heavy atom. The molecule has 0 aliphatic heterocycles. The minimum atomic E-state index is -1.06. The molecule has 1 atom stereocenters. The van der Waals surface area contributed by atoms with Gasteiger partial charge in [0, 0.05) is 11.3 Å². The van der Waals surface area contributed by atoms with Crippen molar-refractivity contribution in [2.24, 2.45) is 0 Å². The van der Waals surface area contributed by atoms with Gasteiger partial charge in [-0.1, -0.05) is 24.3 Å². The molecule has 1 heterocycles. The first kappa shape index (κ1) is 15.6. The quantitative estimate of drug-likeness (QED) is 0.737. The predicted octanol–water partition coefficient (Wildman–Crippen LogP) is 3.52. The molecule has 0 bridgehead atoms. The van der Waals surface area contributed by atoms with Crippen molar-refractivity contribution in [2.45, 2.75) is 19.4 Å². The van der Waals surface area contributed by atoms with Gasteiger partial charge in [0.15, 0.2) is 0 Å². The van der Waals surface area contributed by atoms with Crippen LogP contribution in [-0.4, -0.2) is 16.2 Å². The number of benzene rings is 1. The van der Waals surface area contributed by atoms with Crippen LogP contribution in [0.15, 0.2) is 49.1 Å². The maximum Gasteiger partial charge on any atom is 0.405 e. The summed E-state index contributed by atoms with van der Waals surface area (Å²) in [6.45, 7) is 5.58. The normalized spacial score (nSPS) is 11.7. The van der Waals surface area contributed by atoms with Crippen LogP contribution in [0.3, 0.4) is 0 Å². The Morgan fingerprint density at radius 2 is 2.23 bits per heavy atom. The van der Waals surface area contributed by atoms with Gasteiger partial charge in [0.2, 0.25) is 0 Å². The van der Waals surface area contributed by atoms with Gasteiger partial charge in [0.05, 0.1) is 17.4 Å². The fourth-order valence-corrected chi connectivity index (χ4v) is 2.30. The molecule has 1 amide bonds. The van der Waals surface area contributed by atoms with E-state index in [1.54, 1.807) is 6.08 Å². The lowest BCUT2D eigenvalue weighted by Crippen LogP contribution is -2.26. The molecule has 0 aliphatic rings. The van der Waals surface area contributed by atoms with Gasteiger partial charge in [-0.3, -0.25) is 4.98 Å². The Morgan fingerprint density at radius 1 is 1.45 bits per heavy atom. The van der Waals surface area contributed by atoms with Crippen molar-refractivity contribution in [1.82, 2.24) is 10.3 Å². The Hall–Kier alpha value is -2.82. The summed E-state index contributed by atoms with van der Waals surface area (Å²) in [7, 11) is 0. The van der Waals surface area contributed by atoms with Crippen LogP contribution in [0.25, 0.3) is 11.3 Å². The number of rotatable bonds is 5. The molecule has 0 saturated carbocycles. The first-order chi connectivity index (χ1) is 10.5. The van der Waals surface area contributed by atoms with Crippen molar-refractivity contribution in [1.29, 1.82) is 0 Å². The minimum Gasteiger partial charge on any atom is -0.465 e.